The van der Waals surface area contributed by atoms with E-state index in [0.717, 1.165) is 18.2 Å². The first kappa shape index (κ1) is 32.5. The molecule has 1 aromatic rings. The fraction of sp³-hybridized carbons (Fsp3) is 0.519. The molecule has 0 spiro atoms. The second-order valence-electron chi connectivity index (χ2n) is 6.43. The standard InChI is InChI=1S/C12H23N.C11H12O2.2C2H6/c1-6-7-8-12(9-13-5)11(4)10(2)3;1-4-6-10-9(5-2)7-8(3)11(12)13-10;2*1-2/h7-8,10,13H,6,9H2,1-5H3;4-7H,1H2,2-3H3;2*1-2H3/b8-7-,12-11-;9-5-,10-6+;;. The molecule has 3 nitrogen and oxygen atoms in total. The van der Waals surface area contributed by atoms with Crippen molar-refractivity contribution in [3.63, 3.8) is 0 Å². The molecule has 0 aliphatic heterocycles. The van der Waals surface area contributed by atoms with Crippen LogP contribution in [0.4, 0.5) is 0 Å². The Balaban J connectivity index is -0.000000416. The Labute approximate surface area is 186 Å². The van der Waals surface area contributed by atoms with E-state index in [2.05, 4.69) is 51.7 Å². The molecule has 0 radical (unpaired) electrons. The lowest BCUT2D eigenvalue weighted by atomic mass is 9.98. The Kier molecular flexibility index (Phi) is 23.4. The molecule has 0 aromatic carbocycles. The van der Waals surface area contributed by atoms with Crippen LogP contribution in [0.25, 0.3) is 12.2 Å². The molecule has 0 bridgehead atoms. The summed E-state index contributed by atoms with van der Waals surface area (Å²) in [5.41, 5.74) is 3.81. The summed E-state index contributed by atoms with van der Waals surface area (Å²) in [7, 11) is 1.99. The largest absolute Gasteiger partial charge is 0.423 e. The van der Waals surface area contributed by atoms with Crippen LogP contribution in [0.2, 0.25) is 0 Å². The van der Waals surface area contributed by atoms with Gasteiger partial charge in [0, 0.05) is 17.3 Å². The van der Waals surface area contributed by atoms with Crippen molar-refractivity contribution < 1.29 is 4.42 Å². The van der Waals surface area contributed by atoms with Crippen LogP contribution < -0.4 is 21.6 Å². The molecule has 0 atom stereocenters. The highest BCUT2D eigenvalue weighted by Crippen LogP contribution is 2.14. The van der Waals surface area contributed by atoms with E-state index in [0.29, 0.717) is 16.9 Å². The summed E-state index contributed by atoms with van der Waals surface area (Å²) in [6.07, 6.45) is 10.7. The Morgan fingerprint density at radius 2 is 1.80 bits per heavy atom. The minimum Gasteiger partial charge on any atom is -0.423 e. The molecule has 0 saturated carbocycles. The summed E-state index contributed by atoms with van der Waals surface area (Å²) in [5, 5.41) is 4.12. The van der Waals surface area contributed by atoms with E-state index >= 15 is 0 Å². The maximum atomic E-state index is 11.1. The van der Waals surface area contributed by atoms with Crippen LogP contribution in [0.15, 0.2) is 51.2 Å². The predicted octanol–water partition coefficient (Wildman–Crippen LogP) is 5.91. The van der Waals surface area contributed by atoms with Crippen LogP contribution >= 0.6 is 0 Å². The molecule has 3 heteroatoms. The lowest BCUT2D eigenvalue weighted by molar-refractivity contribution is 0.469. The normalized spacial score (nSPS) is 12.3. The number of aryl methyl sites for hydroxylation is 1. The van der Waals surface area contributed by atoms with Crippen molar-refractivity contribution in [1.29, 1.82) is 0 Å². The zero-order valence-electron chi connectivity index (χ0n) is 21.5. The summed E-state index contributed by atoms with van der Waals surface area (Å²) in [6, 6.07) is 1.81. The van der Waals surface area contributed by atoms with Gasteiger partial charge in [0.2, 0.25) is 0 Å². The molecule has 0 aliphatic rings. The molecule has 1 aromatic heterocycles. The van der Waals surface area contributed by atoms with Gasteiger partial charge < -0.3 is 9.73 Å². The molecular weight excluding hydrogens is 370 g/mol. The zero-order chi connectivity index (χ0) is 24.1. The second kappa shape index (κ2) is 21.6. The minimum absolute atomic E-state index is 0.293. The Morgan fingerprint density at radius 1 is 1.23 bits per heavy atom. The summed E-state index contributed by atoms with van der Waals surface area (Å²) >= 11 is 0. The molecule has 172 valence electrons. The molecule has 0 saturated heterocycles. The summed E-state index contributed by atoms with van der Waals surface area (Å²) in [5.74, 6) is 0.643. The van der Waals surface area contributed by atoms with Crippen molar-refractivity contribution in [3.05, 3.63) is 68.6 Å². The first-order chi connectivity index (χ1) is 14.3. The van der Waals surface area contributed by atoms with Crippen LogP contribution in [0.3, 0.4) is 0 Å². The van der Waals surface area contributed by atoms with Crippen molar-refractivity contribution in [2.75, 3.05) is 13.6 Å². The van der Waals surface area contributed by atoms with E-state index < -0.39 is 0 Å². The van der Waals surface area contributed by atoms with Gasteiger partial charge in [-0.2, -0.15) is 0 Å². The fourth-order valence-corrected chi connectivity index (χ4v) is 2.22. The van der Waals surface area contributed by atoms with Crippen LogP contribution in [0, 0.1) is 12.8 Å². The van der Waals surface area contributed by atoms with E-state index in [9.17, 15) is 4.79 Å². The third-order valence-electron chi connectivity index (χ3n) is 4.06. The molecule has 0 fully saturated rings. The highest BCUT2D eigenvalue weighted by Gasteiger charge is 2.02. The lowest BCUT2D eigenvalue weighted by Gasteiger charge is -2.11. The maximum Gasteiger partial charge on any atom is 0.339 e. The number of rotatable bonds is 6. The van der Waals surface area contributed by atoms with E-state index in [1.54, 1.807) is 25.1 Å². The molecular formula is C27H47NO2. The van der Waals surface area contributed by atoms with Crippen LogP contribution in [0.5, 0.6) is 0 Å². The van der Waals surface area contributed by atoms with Gasteiger partial charge in [-0.25, -0.2) is 4.79 Å². The average molecular weight is 418 g/mol. The van der Waals surface area contributed by atoms with Gasteiger partial charge in [-0.1, -0.05) is 84.9 Å². The van der Waals surface area contributed by atoms with E-state index in [4.69, 9.17) is 4.42 Å². The van der Waals surface area contributed by atoms with Crippen molar-refractivity contribution in [2.45, 2.75) is 75.7 Å². The fourth-order valence-electron chi connectivity index (χ4n) is 2.22. The van der Waals surface area contributed by atoms with Crippen molar-refractivity contribution in [1.82, 2.24) is 5.32 Å². The third kappa shape index (κ3) is 13.9. The van der Waals surface area contributed by atoms with Gasteiger partial charge in [0.25, 0.3) is 0 Å². The number of likely N-dealkylation sites (N-methyl/N-ethyl adjacent to an activating group) is 1. The molecule has 1 heterocycles. The smallest absolute Gasteiger partial charge is 0.339 e. The topological polar surface area (TPSA) is 42.2 Å². The van der Waals surface area contributed by atoms with Gasteiger partial charge in [-0.15, -0.1) is 0 Å². The third-order valence-corrected chi connectivity index (χ3v) is 4.06. The van der Waals surface area contributed by atoms with Gasteiger partial charge in [0.15, 0.2) is 0 Å². The number of hydrogen-bond donors (Lipinski definition) is 1. The van der Waals surface area contributed by atoms with Crippen molar-refractivity contribution in [3.8, 4) is 0 Å². The van der Waals surface area contributed by atoms with E-state index in [-0.39, 0.29) is 5.63 Å². The van der Waals surface area contributed by atoms with E-state index in [1.807, 2.05) is 47.7 Å². The van der Waals surface area contributed by atoms with Crippen LogP contribution in [-0.4, -0.2) is 13.6 Å². The first-order valence-electron chi connectivity index (χ1n) is 11.2. The lowest BCUT2D eigenvalue weighted by Crippen LogP contribution is -2.29. The minimum atomic E-state index is -0.293. The van der Waals surface area contributed by atoms with Gasteiger partial charge >= 0.3 is 5.63 Å². The maximum absolute atomic E-state index is 11.1. The second-order valence-corrected chi connectivity index (χ2v) is 6.43. The molecule has 0 unspecified atom stereocenters. The highest BCUT2D eigenvalue weighted by atomic mass is 16.4. The highest BCUT2D eigenvalue weighted by molar-refractivity contribution is 5.34. The average Bonchev–Trinajstić information content (AvgIpc) is 2.76. The summed E-state index contributed by atoms with van der Waals surface area (Å²) in [4.78, 5) is 11.1. The number of nitrogens with one attached hydrogen (secondary N) is 1. The molecule has 1 N–H and O–H groups in total. The van der Waals surface area contributed by atoms with E-state index in [1.165, 1.54) is 11.1 Å². The Bertz CT molecular complexity index is 793. The van der Waals surface area contributed by atoms with Gasteiger partial charge in [0.1, 0.15) is 5.42 Å². The van der Waals surface area contributed by atoms with Crippen LogP contribution in [0.1, 0.15) is 74.3 Å². The van der Waals surface area contributed by atoms with Crippen LogP contribution in [-0.2, 0) is 0 Å². The molecule has 30 heavy (non-hydrogen) atoms. The zero-order valence-corrected chi connectivity index (χ0v) is 21.5. The monoisotopic (exact) mass is 417 g/mol. The molecule has 1 rings (SSSR count). The first-order valence-corrected chi connectivity index (χ1v) is 11.2. The van der Waals surface area contributed by atoms with Gasteiger partial charge in [0.05, 0.1) is 0 Å². The van der Waals surface area contributed by atoms with Gasteiger partial charge in [-0.05, 0) is 57.9 Å². The summed E-state index contributed by atoms with van der Waals surface area (Å²) < 4.78 is 5.06. The Morgan fingerprint density at radius 3 is 2.20 bits per heavy atom. The SMILES string of the molecule is C=C/C=c1/oc(=O)c(C)c/c1=C/C.CC.CC.CC/C=C\C(CNC)=C(/C)C(C)C. The summed E-state index contributed by atoms with van der Waals surface area (Å²) in [6.45, 7) is 25.0. The van der Waals surface area contributed by atoms with Crippen molar-refractivity contribution >= 4 is 12.2 Å². The molecule has 0 amide bonds. The molecule has 0 aliphatic carbocycles. The van der Waals surface area contributed by atoms with Crippen molar-refractivity contribution in [2.24, 2.45) is 5.92 Å². The van der Waals surface area contributed by atoms with Gasteiger partial charge in [-0.3, -0.25) is 0 Å². The quantitative estimate of drug-likeness (QED) is 0.585. The number of hydrogen-bond acceptors (Lipinski definition) is 3. The predicted molar refractivity (Wildman–Crippen MR) is 137 cm³/mol. The Hall–Kier alpha value is -2.13. The number of allylic oxidation sites excluding steroid dienone is 3.